The van der Waals surface area contributed by atoms with Gasteiger partial charge < -0.3 is 20.1 Å². The Morgan fingerprint density at radius 3 is 2.70 bits per heavy atom. The van der Waals surface area contributed by atoms with Crippen molar-refractivity contribution in [1.82, 2.24) is 5.32 Å². The van der Waals surface area contributed by atoms with E-state index in [0.717, 1.165) is 37.3 Å². The second kappa shape index (κ2) is 8.77. The molecule has 1 aliphatic heterocycles. The monoisotopic (exact) mass is 320 g/mol. The smallest absolute Gasteiger partial charge is 0.242 e. The van der Waals surface area contributed by atoms with Gasteiger partial charge in [0.15, 0.2) is 0 Å². The van der Waals surface area contributed by atoms with Crippen LogP contribution in [0, 0.1) is 0 Å². The van der Waals surface area contributed by atoms with E-state index in [2.05, 4.69) is 17.6 Å². The Labute approximate surface area is 138 Å². The molecule has 5 nitrogen and oxygen atoms in total. The minimum absolute atomic E-state index is 0.0121. The number of ether oxygens (including phenoxy) is 2. The average Bonchev–Trinajstić information content (AvgIpc) is 3.07. The van der Waals surface area contributed by atoms with Gasteiger partial charge in [0.05, 0.1) is 6.10 Å². The van der Waals surface area contributed by atoms with E-state index in [1.807, 2.05) is 38.1 Å². The lowest BCUT2D eigenvalue weighted by Gasteiger charge is -2.18. The highest BCUT2D eigenvalue weighted by Crippen LogP contribution is 2.19. The molecule has 23 heavy (non-hydrogen) atoms. The van der Waals surface area contributed by atoms with Crippen molar-refractivity contribution in [1.29, 1.82) is 0 Å². The summed E-state index contributed by atoms with van der Waals surface area (Å²) in [4.78, 5) is 12.0. The molecule has 0 spiro atoms. The van der Waals surface area contributed by atoms with Crippen LogP contribution in [0.25, 0.3) is 0 Å². The zero-order valence-electron chi connectivity index (χ0n) is 14.3. The number of rotatable bonds is 8. The molecule has 1 aromatic rings. The second-order valence-electron chi connectivity index (χ2n) is 6.15. The summed E-state index contributed by atoms with van der Waals surface area (Å²) in [5.41, 5.74) is 0.904. The highest BCUT2D eigenvalue weighted by molar-refractivity contribution is 5.84. The van der Waals surface area contributed by atoms with Crippen LogP contribution in [0.15, 0.2) is 24.3 Å². The molecule has 1 amide bonds. The first-order valence-electron chi connectivity index (χ1n) is 8.50. The van der Waals surface area contributed by atoms with Crippen LogP contribution >= 0.6 is 0 Å². The minimum atomic E-state index is -0.275. The molecule has 3 atom stereocenters. The summed E-state index contributed by atoms with van der Waals surface area (Å²) in [5, 5.41) is 6.18. The van der Waals surface area contributed by atoms with Crippen molar-refractivity contribution in [3.05, 3.63) is 24.3 Å². The van der Waals surface area contributed by atoms with Crippen molar-refractivity contribution in [3.63, 3.8) is 0 Å². The quantitative estimate of drug-likeness (QED) is 0.773. The number of hydrogen-bond donors (Lipinski definition) is 2. The molecule has 2 rings (SSSR count). The molecular weight excluding hydrogens is 292 g/mol. The van der Waals surface area contributed by atoms with Gasteiger partial charge in [-0.3, -0.25) is 4.79 Å². The Bertz CT molecular complexity index is 484. The van der Waals surface area contributed by atoms with Crippen LogP contribution in [-0.4, -0.2) is 37.3 Å². The zero-order valence-corrected chi connectivity index (χ0v) is 14.3. The van der Waals surface area contributed by atoms with Crippen LogP contribution in [-0.2, 0) is 9.53 Å². The predicted octanol–water partition coefficient (Wildman–Crippen LogP) is 2.96. The van der Waals surface area contributed by atoms with E-state index in [-0.39, 0.29) is 24.1 Å². The molecule has 1 saturated heterocycles. The number of hydrogen-bond acceptors (Lipinski definition) is 4. The van der Waals surface area contributed by atoms with Crippen molar-refractivity contribution >= 4 is 11.6 Å². The van der Waals surface area contributed by atoms with Crippen LogP contribution in [0.5, 0.6) is 5.75 Å². The standard InChI is InChI=1S/C18H28N2O3/c1-4-13(2)19-18(21)14(3)20-15-7-9-16(10-8-15)23-12-17-6-5-11-22-17/h7-10,13-14,17,20H,4-6,11-12H2,1-3H3,(H,19,21)/t13-,14+,17+/m0/s1. The lowest BCUT2D eigenvalue weighted by Crippen LogP contribution is -2.41. The van der Waals surface area contributed by atoms with Gasteiger partial charge in [0, 0.05) is 18.3 Å². The molecule has 0 aromatic heterocycles. The fourth-order valence-corrected chi connectivity index (χ4v) is 2.40. The number of anilines is 1. The van der Waals surface area contributed by atoms with E-state index in [1.54, 1.807) is 0 Å². The molecule has 5 heteroatoms. The zero-order chi connectivity index (χ0) is 16.7. The Hall–Kier alpha value is -1.75. The van der Waals surface area contributed by atoms with Gasteiger partial charge >= 0.3 is 0 Å². The van der Waals surface area contributed by atoms with E-state index in [4.69, 9.17) is 9.47 Å². The molecule has 1 aromatic carbocycles. The Morgan fingerprint density at radius 2 is 2.09 bits per heavy atom. The predicted molar refractivity (Wildman–Crippen MR) is 91.9 cm³/mol. The number of carbonyl (C=O) groups is 1. The number of nitrogens with one attached hydrogen (secondary N) is 2. The van der Waals surface area contributed by atoms with E-state index in [0.29, 0.717) is 6.61 Å². The highest BCUT2D eigenvalue weighted by Gasteiger charge is 2.16. The lowest BCUT2D eigenvalue weighted by molar-refractivity contribution is -0.122. The first-order chi connectivity index (χ1) is 11.1. The van der Waals surface area contributed by atoms with Crippen molar-refractivity contribution < 1.29 is 14.3 Å². The lowest BCUT2D eigenvalue weighted by atomic mass is 10.2. The summed E-state index contributed by atoms with van der Waals surface area (Å²) in [6, 6.07) is 7.60. The van der Waals surface area contributed by atoms with E-state index in [1.165, 1.54) is 0 Å². The fourth-order valence-electron chi connectivity index (χ4n) is 2.40. The van der Waals surface area contributed by atoms with Crippen molar-refractivity contribution in [3.8, 4) is 5.75 Å². The summed E-state index contributed by atoms with van der Waals surface area (Å²) in [7, 11) is 0. The van der Waals surface area contributed by atoms with Gasteiger partial charge in [0.25, 0.3) is 0 Å². The van der Waals surface area contributed by atoms with Crippen LogP contribution in [0.3, 0.4) is 0 Å². The summed E-state index contributed by atoms with van der Waals surface area (Å²) in [5.74, 6) is 0.834. The van der Waals surface area contributed by atoms with Gasteiger partial charge in [-0.05, 0) is 57.4 Å². The van der Waals surface area contributed by atoms with Gasteiger partial charge in [-0.1, -0.05) is 6.92 Å². The van der Waals surface area contributed by atoms with Gasteiger partial charge in [-0.25, -0.2) is 0 Å². The molecule has 0 unspecified atom stereocenters. The summed E-state index contributed by atoms with van der Waals surface area (Å²) in [6.45, 7) is 7.36. The van der Waals surface area contributed by atoms with Crippen molar-refractivity contribution in [2.75, 3.05) is 18.5 Å². The van der Waals surface area contributed by atoms with Gasteiger partial charge in [-0.15, -0.1) is 0 Å². The SMILES string of the molecule is CC[C@H](C)NC(=O)[C@@H](C)Nc1ccc(OC[C@H]2CCCO2)cc1. The maximum absolute atomic E-state index is 12.0. The largest absolute Gasteiger partial charge is 0.491 e. The first kappa shape index (κ1) is 17.6. The average molecular weight is 320 g/mol. The summed E-state index contributed by atoms with van der Waals surface area (Å²) >= 11 is 0. The molecule has 2 N–H and O–H groups in total. The van der Waals surface area contributed by atoms with Crippen molar-refractivity contribution in [2.45, 2.75) is 58.2 Å². The second-order valence-corrected chi connectivity index (χ2v) is 6.15. The van der Waals surface area contributed by atoms with Crippen LogP contribution in [0.4, 0.5) is 5.69 Å². The molecule has 0 saturated carbocycles. The molecular formula is C18H28N2O3. The Morgan fingerprint density at radius 1 is 1.35 bits per heavy atom. The topological polar surface area (TPSA) is 59.6 Å². The van der Waals surface area contributed by atoms with Crippen LogP contribution in [0.2, 0.25) is 0 Å². The Kier molecular flexibility index (Phi) is 6.71. The maximum atomic E-state index is 12.0. The molecule has 1 aliphatic rings. The van der Waals surface area contributed by atoms with Crippen LogP contribution < -0.4 is 15.4 Å². The molecule has 1 fully saturated rings. The highest BCUT2D eigenvalue weighted by atomic mass is 16.5. The maximum Gasteiger partial charge on any atom is 0.242 e. The molecule has 128 valence electrons. The minimum Gasteiger partial charge on any atom is -0.491 e. The number of amides is 1. The van der Waals surface area contributed by atoms with E-state index in [9.17, 15) is 4.79 Å². The third-order valence-corrected chi connectivity index (χ3v) is 4.09. The van der Waals surface area contributed by atoms with E-state index < -0.39 is 0 Å². The third kappa shape index (κ3) is 5.75. The first-order valence-corrected chi connectivity index (χ1v) is 8.50. The molecule has 1 heterocycles. The summed E-state index contributed by atoms with van der Waals surface area (Å²) in [6.07, 6.45) is 3.34. The normalized spacial score (nSPS) is 19.9. The molecule has 0 radical (unpaired) electrons. The molecule has 0 aliphatic carbocycles. The number of carbonyl (C=O) groups excluding carboxylic acids is 1. The third-order valence-electron chi connectivity index (χ3n) is 4.09. The fraction of sp³-hybridized carbons (Fsp3) is 0.611. The summed E-state index contributed by atoms with van der Waals surface area (Å²) < 4.78 is 11.3. The Balaban J connectivity index is 1.78. The van der Waals surface area contributed by atoms with Gasteiger partial charge in [-0.2, -0.15) is 0 Å². The number of benzene rings is 1. The van der Waals surface area contributed by atoms with Crippen molar-refractivity contribution in [2.24, 2.45) is 0 Å². The van der Waals surface area contributed by atoms with Gasteiger partial charge in [0.1, 0.15) is 18.4 Å². The molecule has 0 bridgehead atoms. The van der Waals surface area contributed by atoms with Gasteiger partial charge in [0.2, 0.25) is 5.91 Å². The van der Waals surface area contributed by atoms with Crippen LogP contribution in [0.1, 0.15) is 40.0 Å². The van der Waals surface area contributed by atoms with E-state index >= 15 is 0 Å².